The van der Waals surface area contributed by atoms with Gasteiger partial charge in [0.15, 0.2) is 18.1 Å². The molecule has 0 bridgehead atoms. The molecule has 164 valence electrons. The quantitative estimate of drug-likeness (QED) is 0.420. The lowest BCUT2D eigenvalue weighted by Crippen LogP contribution is -2.31. The number of nitrogens with zero attached hydrogens (tertiary/aromatic N) is 3. The Bertz CT molecular complexity index is 970. The number of ether oxygens (including phenoxy) is 3. The lowest BCUT2D eigenvalue weighted by molar-refractivity contribution is -0.147. The molecule has 0 saturated heterocycles. The average molecular weight is 427 g/mol. The molecule has 0 aliphatic rings. The third kappa shape index (κ3) is 6.89. The zero-order chi connectivity index (χ0) is 22.8. The third-order valence-electron chi connectivity index (χ3n) is 4.48. The van der Waals surface area contributed by atoms with Crippen LogP contribution in [-0.4, -0.2) is 49.2 Å². The van der Waals surface area contributed by atoms with Crippen molar-refractivity contribution in [3.05, 3.63) is 46.9 Å². The largest absolute Gasteiger partial charge is 0.493 e. The van der Waals surface area contributed by atoms with Crippen molar-refractivity contribution in [3.63, 3.8) is 0 Å². The standard InChI is InChI=1S/C22H25N3O6/c1-15-18(16(2)31-24-15)13-29-19-8-6-17(12-20(19)28-4)7-9-22(27)30-14-21(26)25(3)11-5-10-23/h6-9,12H,5,11,13-14H2,1-4H3/b9-7+. The summed E-state index contributed by atoms with van der Waals surface area (Å²) >= 11 is 0. The Hall–Kier alpha value is -3.80. The first kappa shape index (κ1) is 23.5. The van der Waals surface area contributed by atoms with Crippen LogP contribution in [0.1, 0.15) is 29.0 Å². The maximum absolute atomic E-state index is 11.9. The van der Waals surface area contributed by atoms with Crippen molar-refractivity contribution in [1.82, 2.24) is 10.1 Å². The van der Waals surface area contributed by atoms with Gasteiger partial charge in [0.25, 0.3) is 5.91 Å². The molecule has 1 amide bonds. The van der Waals surface area contributed by atoms with Gasteiger partial charge < -0.3 is 23.6 Å². The summed E-state index contributed by atoms with van der Waals surface area (Å²) in [5, 5.41) is 12.4. The Morgan fingerprint density at radius 1 is 1.29 bits per heavy atom. The summed E-state index contributed by atoms with van der Waals surface area (Å²) in [6.45, 7) is 3.85. The fourth-order valence-electron chi connectivity index (χ4n) is 2.56. The topological polar surface area (TPSA) is 115 Å². The average Bonchev–Trinajstić information content (AvgIpc) is 3.10. The van der Waals surface area contributed by atoms with Crippen molar-refractivity contribution in [2.24, 2.45) is 0 Å². The molecule has 1 aromatic carbocycles. The summed E-state index contributed by atoms with van der Waals surface area (Å²) in [4.78, 5) is 25.0. The van der Waals surface area contributed by atoms with Gasteiger partial charge in [-0.25, -0.2) is 4.79 Å². The summed E-state index contributed by atoms with van der Waals surface area (Å²) in [6.07, 6.45) is 2.99. The molecule has 0 fully saturated rings. The first-order chi connectivity index (χ1) is 14.8. The number of esters is 1. The molecule has 1 aromatic heterocycles. The third-order valence-corrected chi connectivity index (χ3v) is 4.48. The summed E-state index contributed by atoms with van der Waals surface area (Å²) in [5.41, 5.74) is 2.34. The number of nitriles is 1. The van der Waals surface area contributed by atoms with Crippen molar-refractivity contribution in [1.29, 1.82) is 5.26 Å². The molecule has 0 unspecified atom stereocenters. The van der Waals surface area contributed by atoms with Gasteiger partial charge in [-0.2, -0.15) is 5.26 Å². The number of hydrogen-bond donors (Lipinski definition) is 0. The molecule has 9 nitrogen and oxygen atoms in total. The first-order valence-corrected chi connectivity index (χ1v) is 9.54. The lowest BCUT2D eigenvalue weighted by atomic mass is 10.2. The van der Waals surface area contributed by atoms with Crippen LogP contribution in [0.4, 0.5) is 0 Å². The number of benzene rings is 1. The highest BCUT2D eigenvalue weighted by Crippen LogP contribution is 2.30. The molecule has 1 heterocycles. The maximum atomic E-state index is 11.9. The Labute approximate surface area is 180 Å². The van der Waals surface area contributed by atoms with Gasteiger partial charge in [0.1, 0.15) is 12.4 Å². The molecule has 0 N–H and O–H groups in total. The normalized spacial score (nSPS) is 10.5. The number of aromatic nitrogens is 1. The van der Waals surface area contributed by atoms with E-state index in [1.54, 1.807) is 31.3 Å². The molecule has 31 heavy (non-hydrogen) atoms. The molecule has 0 spiro atoms. The van der Waals surface area contributed by atoms with Gasteiger partial charge in [-0.05, 0) is 37.6 Å². The molecule has 2 rings (SSSR count). The van der Waals surface area contributed by atoms with Gasteiger partial charge >= 0.3 is 5.97 Å². The minimum Gasteiger partial charge on any atom is -0.493 e. The van der Waals surface area contributed by atoms with Crippen LogP contribution >= 0.6 is 0 Å². The van der Waals surface area contributed by atoms with Crippen molar-refractivity contribution in [2.75, 3.05) is 27.3 Å². The van der Waals surface area contributed by atoms with E-state index >= 15 is 0 Å². The van der Waals surface area contributed by atoms with Gasteiger partial charge in [-0.1, -0.05) is 11.2 Å². The number of amides is 1. The smallest absolute Gasteiger partial charge is 0.331 e. The van der Waals surface area contributed by atoms with Crippen LogP contribution in [0.3, 0.4) is 0 Å². The Kier molecular flexibility index (Phi) is 8.64. The second-order valence-electron chi connectivity index (χ2n) is 6.67. The molecular formula is C22H25N3O6. The monoisotopic (exact) mass is 427 g/mol. The highest BCUT2D eigenvalue weighted by atomic mass is 16.5. The van der Waals surface area contributed by atoms with Crippen molar-refractivity contribution >= 4 is 18.0 Å². The predicted octanol–water partition coefficient (Wildman–Crippen LogP) is 2.81. The van der Waals surface area contributed by atoms with Crippen molar-refractivity contribution in [2.45, 2.75) is 26.9 Å². The number of carbonyl (C=O) groups excluding carboxylic acids is 2. The van der Waals surface area contributed by atoms with Gasteiger partial charge in [0.2, 0.25) is 0 Å². The fraction of sp³-hybridized carbons (Fsp3) is 0.364. The van der Waals surface area contributed by atoms with Crippen molar-refractivity contribution in [3.8, 4) is 17.6 Å². The Morgan fingerprint density at radius 3 is 2.71 bits per heavy atom. The van der Waals surface area contributed by atoms with Crippen LogP contribution < -0.4 is 9.47 Å². The highest BCUT2D eigenvalue weighted by Gasteiger charge is 2.13. The number of aryl methyl sites for hydroxylation is 2. The van der Waals surface area contributed by atoms with Crippen molar-refractivity contribution < 1.29 is 28.3 Å². The molecule has 0 radical (unpaired) electrons. The van der Waals surface area contributed by atoms with E-state index in [2.05, 4.69) is 5.16 Å². The summed E-state index contributed by atoms with van der Waals surface area (Å²) in [5.74, 6) is 0.701. The number of likely N-dealkylation sites (N-methyl/N-ethyl adjacent to an activating group) is 1. The van der Waals surface area contributed by atoms with E-state index in [1.165, 1.54) is 18.1 Å². The van der Waals surface area contributed by atoms with Crippen LogP contribution in [0.2, 0.25) is 0 Å². The van der Waals surface area contributed by atoms with E-state index in [1.807, 2.05) is 19.9 Å². The minimum atomic E-state index is -0.653. The highest BCUT2D eigenvalue weighted by molar-refractivity contribution is 5.89. The predicted molar refractivity (Wildman–Crippen MR) is 111 cm³/mol. The van der Waals surface area contributed by atoms with E-state index in [-0.39, 0.29) is 32.1 Å². The van der Waals surface area contributed by atoms with E-state index in [9.17, 15) is 9.59 Å². The van der Waals surface area contributed by atoms with Crippen LogP contribution in [0, 0.1) is 25.2 Å². The second-order valence-corrected chi connectivity index (χ2v) is 6.67. The number of carbonyl (C=O) groups is 2. The Balaban J connectivity index is 1.93. The first-order valence-electron chi connectivity index (χ1n) is 9.54. The van der Waals surface area contributed by atoms with E-state index in [0.717, 1.165) is 11.3 Å². The van der Waals surface area contributed by atoms with E-state index < -0.39 is 5.97 Å². The van der Waals surface area contributed by atoms with E-state index in [4.69, 9.17) is 24.0 Å². The maximum Gasteiger partial charge on any atom is 0.331 e. The lowest BCUT2D eigenvalue weighted by Gasteiger charge is -2.14. The minimum absolute atomic E-state index is 0.218. The molecule has 2 aromatic rings. The van der Waals surface area contributed by atoms with Crippen LogP contribution in [0.5, 0.6) is 11.5 Å². The Morgan fingerprint density at radius 2 is 2.06 bits per heavy atom. The zero-order valence-corrected chi connectivity index (χ0v) is 18.0. The number of rotatable bonds is 10. The fourth-order valence-corrected chi connectivity index (χ4v) is 2.56. The second kappa shape index (κ2) is 11.4. The van der Waals surface area contributed by atoms with Gasteiger partial charge in [0.05, 0.1) is 30.9 Å². The zero-order valence-electron chi connectivity index (χ0n) is 18.0. The molecule has 0 aliphatic heterocycles. The van der Waals surface area contributed by atoms with Gasteiger partial charge in [-0.3, -0.25) is 4.79 Å². The van der Waals surface area contributed by atoms with Crippen LogP contribution in [-0.2, 0) is 20.9 Å². The van der Waals surface area contributed by atoms with E-state index in [0.29, 0.717) is 22.8 Å². The molecule has 9 heteroatoms. The van der Waals surface area contributed by atoms with Gasteiger partial charge in [-0.15, -0.1) is 0 Å². The van der Waals surface area contributed by atoms with Crippen LogP contribution in [0.25, 0.3) is 6.08 Å². The summed E-state index contributed by atoms with van der Waals surface area (Å²) in [7, 11) is 3.07. The SMILES string of the molecule is COc1cc(/C=C/C(=O)OCC(=O)N(C)CCC#N)ccc1OCc1c(C)noc1C. The molecular weight excluding hydrogens is 402 g/mol. The van der Waals surface area contributed by atoms with Crippen LogP contribution in [0.15, 0.2) is 28.8 Å². The summed E-state index contributed by atoms with van der Waals surface area (Å²) < 4.78 is 21.3. The summed E-state index contributed by atoms with van der Waals surface area (Å²) in [6, 6.07) is 7.16. The number of hydrogen-bond acceptors (Lipinski definition) is 8. The number of methoxy groups -OCH3 is 1. The molecule has 0 atom stereocenters. The molecule has 0 saturated carbocycles. The van der Waals surface area contributed by atoms with Gasteiger partial charge in [0, 0.05) is 19.7 Å². The molecule has 0 aliphatic carbocycles.